The van der Waals surface area contributed by atoms with Crippen molar-refractivity contribution < 1.29 is 19.1 Å². The van der Waals surface area contributed by atoms with E-state index in [9.17, 15) is 14.4 Å². The fraction of sp³-hybridized carbons (Fsp3) is 0.824. The van der Waals surface area contributed by atoms with Gasteiger partial charge in [-0.05, 0) is 33.6 Å². The molecule has 130 valence electrons. The van der Waals surface area contributed by atoms with E-state index in [2.05, 4.69) is 5.32 Å². The average molecular weight is 324 g/mol. The van der Waals surface area contributed by atoms with Gasteiger partial charge < -0.3 is 10.1 Å². The second-order valence-electron chi connectivity index (χ2n) is 6.85. The van der Waals surface area contributed by atoms with Gasteiger partial charge in [0.1, 0.15) is 12.1 Å². The Balaban J connectivity index is 1.86. The van der Waals surface area contributed by atoms with Gasteiger partial charge in [0.2, 0.25) is 11.8 Å². The number of hydrogen-bond acceptors (Lipinski definition) is 4. The molecule has 1 saturated carbocycles. The molecule has 1 aliphatic carbocycles. The minimum atomic E-state index is -0.752. The van der Waals surface area contributed by atoms with E-state index in [1.165, 1.54) is 17.7 Å². The summed E-state index contributed by atoms with van der Waals surface area (Å²) in [7, 11) is 0. The van der Waals surface area contributed by atoms with Crippen LogP contribution in [0, 0.1) is 0 Å². The molecule has 3 amide bonds. The van der Waals surface area contributed by atoms with Crippen molar-refractivity contribution in [2.75, 3.05) is 0 Å². The molecule has 2 aliphatic rings. The van der Waals surface area contributed by atoms with Crippen molar-refractivity contribution in [2.24, 2.45) is 0 Å². The van der Waals surface area contributed by atoms with Gasteiger partial charge in [0.15, 0.2) is 0 Å². The number of imide groups is 1. The lowest BCUT2D eigenvalue weighted by molar-refractivity contribution is -0.143. The van der Waals surface area contributed by atoms with Crippen LogP contribution in [0.1, 0.15) is 65.7 Å². The monoisotopic (exact) mass is 324 g/mol. The molecular weight excluding hydrogens is 296 g/mol. The Bertz CT molecular complexity index is 456. The maximum atomic E-state index is 12.3. The highest BCUT2D eigenvalue weighted by Crippen LogP contribution is 2.21. The minimum absolute atomic E-state index is 0.0406. The molecule has 1 aliphatic heterocycles. The second kappa shape index (κ2) is 7.90. The van der Waals surface area contributed by atoms with Crippen molar-refractivity contribution in [3.63, 3.8) is 0 Å². The van der Waals surface area contributed by atoms with Crippen LogP contribution in [0.25, 0.3) is 0 Å². The normalized spacial score (nSPS) is 24.9. The molecule has 6 heteroatoms. The first kappa shape index (κ1) is 17.9. The Labute approximate surface area is 137 Å². The fourth-order valence-electron chi connectivity index (χ4n) is 3.32. The predicted octanol–water partition coefficient (Wildman–Crippen LogP) is 1.77. The summed E-state index contributed by atoms with van der Waals surface area (Å²) in [4.78, 5) is 37.6. The number of hydrogen-bond donors (Lipinski definition) is 1. The van der Waals surface area contributed by atoms with Gasteiger partial charge in [-0.1, -0.05) is 25.7 Å². The summed E-state index contributed by atoms with van der Waals surface area (Å²) in [6, 6.07) is -0.936. The van der Waals surface area contributed by atoms with Gasteiger partial charge in [0, 0.05) is 6.04 Å². The first-order valence-corrected chi connectivity index (χ1v) is 8.72. The lowest BCUT2D eigenvalue weighted by Gasteiger charge is -2.22. The lowest BCUT2D eigenvalue weighted by atomic mass is 10.1. The topological polar surface area (TPSA) is 75.7 Å². The van der Waals surface area contributed by atoms with Crippen LogP contribution in [-0.2, 0) is 19.1 Å². The molecule has 23 heavy (non-hydrogen) atoms. The van der Waals surface area contributed by atoms with Crippen molar-refractivity contribution >= 4 is 17.7 Å². The molecular formula is C17H28N2O4. The highest BCUT2D eigenvalue weighted by molar-refractivity contribution is 6.07. The third-order valence-electron chi connectivity index (χ3n) is 4.58. The molecule has 1 saturated heterocycles. The van der Waals surface area contributed by atoms with Gasteiger partial charge in [0.05, 0.1) is 12.5 Å². The summed E-state index contributed by atoms with van der Waals surface area (Å²) >= 11 is 0. The zero-order valence-corrected chi connectivity index (χ0v) is 14.3. The maximum absolute atomic E-state index is 12.3. The van der Waals surface area contributed by atoms with Gasteiger partial charge in [-0.15, -0.1) is 0 Å². The number of carbonyl (C=O) groups excluding carboxylic acids is 3. The Morgan fingerprint density at radius 3 is 2.26 bits per heavy atom. The Morgan fingerprint density at radius 2 is 1.74 bits per heavy atom. The quantitative estimate of drug-likeness (QED) is 0.618. The summed E-state index contributed by atoms with van der Waals surface area (Å²) in [5, 5.41) is 2.67. The molecule has 0 radical (unpaired) electrons. The molecule has 0 aromatic rings. The van der Waals surface area contributed by atoms with Crippen LogP contribution in [0.15, 0.2) is 0 Å². The maximum Gasteiger partial charge on any atom is 0.252 e. The van der Waals surface area contributed by atoms with E-state index in [4.69, 9.17) is 4.74 Å². The molecule has 0 unspecified atom stereocenters. The summed E-state index contributed by atoms with van der Waals surface area (Å²) in [6.07, 6.45) is 6.25. The van der Waals surface area contributed by atoms with Crippen LogP contribution in [-0.4, -0.2) is 46.9 Å². The molecule has 2 rings (SSSR count). The number of likely N-dealkylation sites (tertiary alicyclic amines) is 1. The molecule has 0 aromatic carbocycles. The van der Waals surface area contributed by atoms with Crippen molar-refractivity contribution in [2.45, 2.75) is 90.0 Å². The van der Waals surface area contributed by atoms with E-state index in [0.29, 0.717) is 0 Å². The number of rotatable bonds is 5. The van der Waals surface area contributed by atoms with Gasteiger partial charge in [-0.25, -0.2) is 0 Å². The van der Waals surface area contributed by atoms with Crippen LogP contribution < -0.4 is 5.32 Å². The smallest absolute Gasteiger partial charge is 0.252 e. The minimum Gasteiger partial charge on any atom is -0.365 e. The van der Waals surface area contributed by atoms with Crippen LogP contribution in [0.2, 0.25) is 0 Å². The summed E-state index contributed by atoms with van der Waals surface area (Å²) in [6.45, 7) is 5.29. The van der Waals surface area contributed by atoms with Crippen LogP contribution in [0.5, 0.6) is 0 Å². The average Bonchev–Trinajstić information content (AvgIpc) is 2.67. The number of amides is 3. The van der Waals surface area contributed by atoms with E-state index in [-0.39, 0.29) is 36.3 Å². The Kier molecular flexibility index (Phi) is 6.16. The SMILES string of the molecule is CC(C)N1C(=O)C[C@H](NC(=O)[C@H](C)OC2CCCCCC2)C1=O. The molecule has 6 nitrogen and oxygen atoms in total. The van der Waals surface area contributed by atoms with Crippen LogP contribution in [0.3, 0.4) is 0 Å². The number of nitrogens with one attached hydrogen (secondary N) is 1. The molecule has 0 spiro atoms. The highest BCUT2D eigenvalue weighted by atomic mass is 16.5. The fourth-order valence-corrected chi connectivity index (χ4v) is 3.32. The van der Waals surface area contributed by atoms with Gasteiger partial charge in [-0.2, -0.15) is 0 Å². The summed E-state index contributed by atoms with van der Waals surface area (Å²) < 4.78 is 5.86. The number of carbonyl (C=O) groups is 3. The zero-order valence-electron chi connectivity index (χ0n) is 14.3. The number of ether oxygens (including phenoxy) is 1. The van der Waals surface area contributed by atoms with Crippen molar-refractivity contribution in [1.29, 1.82) is 0 Å². The van der Waals surface area contributed by atoms with Crippen molar-refractivity contribution in [3.8, 4) is 0 Å². The molecule has 2 atom stereocenters. The van der Waals surface area contributed by atoms with E-state index < -0.39 is 12.1 Å². The molecule has 2 fully saturated rings. The zero-order chi connectivity index (χ0) is 17.0. The van der Waals surface area contributed by atoms with Gasteiger partial charge in [-0.3, -0.25) is 19.3 Å². The molecule has 0 aromatic heterocycles. The Morgan fingerprint density at radius 1 is 1.13 bits per heavy atom. The standard InChI is InChI=1S/C17H28N2O4/c1-11(2)19-15(20)10-14(17(19)22)18-16(21)12(3)23-13-8-6-4-5-7-9-13/h11-14H,4-10H2,1-3H3,(H,18,21)/t12-,14-/m0/s1. The van der Waals surface area contributed by atoms with Crippen LogP contribution in [0.4, 0.5) is 0 Å². The molecule has 1 N–H and O–H groups in total. The third kappa shape index (κ3) is 4.53. The largest absolute Gasteiger partial charge is 0.365 e. The molecule has 0 bridgehead atoms. The van der Waals surface area contributed by atoms with E-state index in [0.717, 1.165) is 25.7 Å². The highest BCUT2D eigenvalue weighted by Gasteiger charge is 2.41. The van der Waals surface area contributed by atoms with Crippen molar-refractivity contribution in [1.82, 2.24) is 10.2 Å². The Hall–Kier alpha value is -1.43. The summed E-state index contributed by atoms with van der Waals surface area (Å²) in [5.41, 5.74) is 0. The van der Waals surface area contributed by atoms with Crippen molar-refractivity contribution in [3.05, 3.63) is 0 Å². The van der Waals surface area contributed by atoms with Gasteiger partial charge >= 0.3 is 0 Å². The molecule has 1 heterocycles. The number of nitrogens with zero attached hydrogens (tertiary/aromatic N) is 1. The third-order valence-corrected chi connectivity index (χ3v) is 4.58. The predicted molar refractivity (Wildman–Crippen MR) is 85.6 cm³/mol. The lowest BCUT2D eigenvalue weighted by Crippen LogP contribution is -2.47. The first-order valence-electron chi connectivity index (χ1n) is 8.72. The summed E-state index contributed by atoms with van der Waals surface area (Å²) in [5.74, 6) is -0.862. The van der Waals surface area contributed by atoms with Crippen LogP contribution >= 0.6 is 0 Å². The first-order chi connectivity index (χ1) is 10.9. The van der Waals surface area contributed by atoms with E-state index >= 15 is 0 Å². The van der Waals surface area contributed by atoms with E-state index in [1.54, 1.807) is 20.8 Å². The van der Waals surface area contributed by atoms with E-state index in [1.807, 2.05) is 0 Å². The van der Waals surface area contributed by atoms with Gasteiger partial charge in [0.25, 0.3) is 5.91 Å². The second-order valence-corrected chi connectivity index (χ2v) is 6.85.